The zero-order valence-corrected chi connectivity index (χ0v) is 17.0. The molecule has 1 saturated heterocycles. The summed E-state index contributed by atoms with van der Waals surface area (Å²) in [5.41, 5.74) is 4.52. The molecule has 0 saturated carbocycles. The molecule has 8 heteroatoms. The van der Waals surface area contributed by atoms with Gasteiger partial charge in [0.1, 0.15) is 0 Å². The van der Waals surface area contributed by atoms with Crippen molar-refractivity contribution in [1.82, 2.24) is 34.8 Å². The summed E-state index contributed by atoms with van der Waals surface area (Å²) in [7, 11) is 1.98. The Morgan fingerprint density at radius 2 is 1.87 bits per heavy atom. The van der Waals surface area contributed by atoms with Crippen molar-refractivity contribution < 1.29 is 4.52 Å². The Hall–Kier alpha value is -3.39. The predicted octanol–water partition coefficient (Wildman–Crippen LogP) is 2.95. The van der Waals surface area contributed by atoms with E-state index in [4.69, 9.17) is 9.51 Å². The van der Waals surface area contributed by atoms with Gasteiger partial charge < -0.3 is 4.52 Å². The second-order valence-electron chi connectivity index (χ2n) is 7.76. The molecule has 0 radical (unpaired) electrons. The molecule has 5 heterocycles. The van der Waals surface area contributed by atoms with Gasteiger partial charge in [-0.2, -0.15) is 10.1 Å². The maximum Gasteiger partial charge on any atom is 0.232 e. The fraction of sp³-hybridized carbons (Fsp3) is 0.318. The smallest absolute Gasteiger partial charge is 0.232 e. The first-order valence-corrected chi connectivity index (χ1v) is 10.0. The number of pyridine rings is 2. The molecule has 4 aromatic rings. The highest BCUT2D eigenvalue weighted by Gasteiger charge is 2.38. The SMILES string of the molecule is Cc1c(CN2C[C@@H](c3cccnc3)[C@H](c3nc(-c4ccncc4)no3)C2)cnn1C. The third-order valence-corrected chi connectivity index (χ3v) is 5.94. The van der Waals surface area contributed by atoms with E-state index in [-0.39, 0.29) is 11.8 Å². The van der Waals surface area contributed by atoms with Crippen molar-refractivity contribution in [3.05, 3.63) is 78.0 Å². The van der Waals surface area contributed by atoms with Gasteiger partial charge in [0.25, 0.3) is 0 Å². The number of nitrogens with zero attached hydrogens (tertiary/aromatic N) is 7. The van der Waals surface area contributed by atoms with Gasteiger partial charge >= 0.3 is 0 Å². The first-order chi connectivity index (χ1) is 14.7. The maximum absolute atomic E-state index is 5.74. The van der Waals surface area contributed by atoms with E-state index in [1.165, 1.54) is 16.8 Å². The Labute approximate surface area is 174 Å². The van der Waals surface area contributed by atoms with E-state index in [1.807, 2.05) is 42.3 Å². The largest absolute Gasteiger partial charge is 0.339 e. The monoisotopic (exact) mass is 401 g/mol. The molecule has 0 spiro atoms. The van der Waals surface area contributed by atoms with Crippen LogP contribution in [0, 0.1) is 6.92 Å². The molecule has 4 aromatic heterocycles. The summed E-state index contributed by atoms with van der Waals surface area (Å²) >= 11 is 0. The van der Waals surface area contributed by atoms with E-state index in [0.29, 0.717) is 11.7 Å². The molecule has 1 aliphatic heterocycles. The molecule has 2 atom stereocenters. The minimum atomic E-state index is 0.106. The Morgan fingerprint density at radius 3 is 2.60 bits per heavy atom. The normalized spacial score (nSPS) is 19.4. The molecule has 1 aliphatic rings. The van der Waals surface area contributed by atoms with Gasteiger partial charge in [0.15, 0.2) is 0 Å². The first-order valence-electron chi connectivity index (χ1n) is 10.0. The van der Waals surface area contributed by atoms with Crippen molar-refractivity contribution in [1.29, 1.82) is 0 Å². The van der Waals surface area contributed by atoms with Crippen LogP contribution in [-0.2, 0) is 13.6 Å². The third-order valence-electron chi connectivity index (χ3n) is 5.94. The minimum Gasteiger partial charge on any atom is -0.339 e. The molecule has 0 amide bonds. The number of hydrogen-bond acceptors (Lipinski definition) is 7. The van der Waals surface area contributed by atoms with Crippen LogP contribution < -0.4 is 0 Å². The van der Waals surface area contributed by atoms with E-state index in [2.05, 4.69) is 38.1 Å². The van der Waals surface area contributed by atoms with E-state index in [1.54, 1.807) is 18.6 Å². The van der Waals surface area contributed by atoms with Gasteiger partial charge in [0.2, 0.25) is 11.7 Å². The molecular weight excluding hydrogens is 378 g/mol. The summed E-state index contributed by atoms with van der Waals surface area (Å²) in [5.74, 6) is 1.61. The van der Waals surface area contributed by atoms with Gasteiger partial charge in [-0.3, -0.25) is 19.5 Å². The highest BCUT2D eigenvalue weighted by atomic mass is 16.5. The Bertz CT molecular complexity index is 1120. The number of likely N-dealkylation sites (tertiary alicyclic amines) is 1. The van der Waals surface area contributed by atoms with Gasteiger partial charge in [-0.15, -0.1) is 0 Å². The summed E-state index contributed by atoms with van der Waals surface area (Å²) < 4.78 is 7.65. The van der Waals surface area contributed by atoms with Gasteiger partial charge in [0.05, 0.1) is 12.1 Å². The third kappa shape index (κ3) is 3.50. The van der Waals surface area contributed by atoms with Crippen molar-refractivity contribution in [2.24, 2.45) is 7.05 Å². The molecule has 152 valence electrons. The number of rotatable bonds is 5. The Balaban J connectivity index is 1.44. The molecule has 5 rings (SSSR count). The molecule has 30 heavy (non-hydrogen) atoms. The summed E-state index contributed by atoms with van der Waals surface area (Å²) in [6.45, 7) is 4.69. The lowest BCUT2D eigenvalue weighted by Crippen LogP contribution is -2.20. The number of hydrogen-bond donors (Lipinski definition) is 0. The van der Waals surface area contributed by atoms with E-state index in [0.717, 1.165) is 25.2 Å². The van der Waals surface area contributed by atoms with Crippen LogP contribution in [0.15, 0.2) is 59.8 Å². The average molecular weight is 401 g/mol. The van der Waals surface area contributed by atoms with Crippen molar-refractivity contribution in [2.45, 2.75) is 25.3 Å². The highest BCUT2D eigenvalue weighted by Crippen LogP contribution is 2.40. The minimum absolute atomic E-state index is 0.106. The van der Waals surface area contributed by atoms with Crippen molar-refractivity contribution in [3.8, 4) is 11.4 Å². The Morgan fingerprint density at radius 1 is 1.03 bits per heavy atom. The van der Waals surface area contributed by atoms with Crippen molar-refractivity contribution in [3.63, 3.8) is 0 Å². The molecule has 8 nitrogen and oxygen atoms in total. The fourth-order valence-corrected chi connectivity index (χ4v) is 4.14. The number of aryl methyl sites for hydroxylation is 1. The molecule has 0 bridgehead atoms. The van der Waals surface area contributed by atoms with Crippen LogP contribution in [0.3, 0.4) is 0 Å². The zero-order valence-electron chi connectivity index (χ0n) is 17.0. The molecule has 0 aromatic carbocycles. The van der Waals surface area contributed by atoms with Crippen LogP contribution >= 0.6 is 0 Å². The molecular formula is C22H23N7O. The van der Waals surface area contributed by atoms with Gasteiger partial charge in [0, 0.05) is 74.2 Å². The standard InChI is InChI=1S/C22H23N7O/c1-15-18(11-25-28(15)2)12-29-13-19(17-4-3-7-24-10-17)20(14-29)22-26-21(27-30-22)16-5-8-23-9-6-16/h3-11,19-20H,12-14H2,1-2H3/t19-,20+/m0/s1. The van der Waals surface area contributed by atoms with Crippen molar-refractivity contribution >= 4 is 0 Å². The second-order valence-corrected chi connectivity index (χ2v) is 7.76. The topological polar surface area (TPSA) is 85.8 Å². The van der Waals surface area contributed by atoms with Crippen LogP contribution in [0.5, 0.6) is 0 Å². The highest BCUT2D eigenvalue weighted by molar-refractivity contribution is 5.52. The molecule has 0 N–H and O–H groups in total. The fourth-order valence-electron chi connectivity index (χ4n) is 4.14. The Kier molecular flexibility index (Phi) is 4.84. The predicted molar refractivity (Wildman–Crippen MR) is 110 cm³/mol. The van der Waals surface area contributed by atoms with Crippen LogP contribution in [-0.4, -0.2) is 47.9 Å². The summed E-state index contributed by atoms with van der Waals surface area (Å²) in [6.07, 6.45) is 9.17. The van der Waals surface area contributed by atoms with Crippen LogP contribution in [0.1, 0.15) is 34.5 Å². The van der Waals surface area contributed by atoms with E-state index >= 15 is 0 Å². The average Bonchev–Trinajstić information content (AvgIpc) is 3.51. The maximum atomic E-state index is 5.74. The second kappa shape index (κ2) is 7.79. The summed E-state index contributed by atoms with van der Waals surface area (Å²) in [4.78, 5) is 15.6. The lowest BCUT2D eigenvalue weighted by Gasteiger charge is -2.15. The van der Waals surface area contributed by atoms with Gasteiger partial charge in [-0.05, 0) is 30.7 Å². The summed E-state index contributed by atoms with van der Waals surface area (Å²) in [6, 6.07) is 7.89. The van der Waals surface area contributed by atoms with Crippen LogP contribution in [0.2, 0.25) is 0 Å². The number of aromatic nitrogens is 6. The van der Waals surface area contributed by atoms with E-state index < -0.39 is 0 Å². The van der Waals surface area contributed by atoms with Crippen LogP contribution in [0.4, 0.5) is 0 Å². The van der Waals surface area contributed by atoms with Crippen LogP contribution in [0.25, 0.3) is 11.4 Å². The molecule has 1 fully saturated rings. The lowest BCUT2D eigenvalue weighted by atomic mass is 9.90. The van der Waals surface area contributed by atoms with Gasteiger partial charge in [-0.25, -0.2) is 0 Å². The van der Waals surface area contributed by atoms with Crippen molar-refractivity contribution in [2.75, 3.05) is 13.1 Å². The zero-order chi connectivity index (χ0) is 20.5. The summed E-state index contributed by atoms with van der Waals surface area (Å²) in [5, 5.41) is 8.61. The molecule has 0 aliphatic carbocycles. The quantitative estimate of drug-likeness (QED) is 0.508. The van der Waals surface area contributed by atoms with Gasteiger partial charge in [-0.1, -0.05) is 11.2 Å². The lowest BCUT2D eigenvalue weighted by molar-refractivity contribution is 0.308. The van der Waals surface area contributed by atoms with E-state index in [9.17, 15) is 0 Å². The molecule has 0 unspecified atom stereocenters. The first kappa shape index (κ1) is 18.6.